The molecule has 96 valence electrons. The Labute approximate surface area is 107 Å². The van der Waals surface area contributed by atoms with Crippen LogP contribution in [0.3, 0.4) is 0 Å². The zero-order chi connectivity index (χ0) is 12.3. The summed E-state index contributed by atoms with van der Waals surface area (Å²) in [6, 6.07) is 6.19. The SMILES string of the molecule is CCCCCC(C)CCCCc1ccccn1. The fraction of sp³-hybridized carbons (Fsp3) is 0.688. The second-order valence-electron chi connectivity index (χ2n) is 5.17. The standard InChI is InChI=1S/C16H27N/c1-3-4-5-10-15(2)11-6-7-12-16-13-8-9-14-17-16/h8-9,13-15H,3-7,10-12H2,1-2H3. The van der Waals surface area contributed by atoms with Crippen LogP contribution in [0.1, 0.15) is 64.5 Å². The fourth-order valence-electron chi connectivity index (χ4n) is 2.23. The van der Waals surface area contributed by atoms with E-state index in [4.69, 9.17) is 0 Å². The Morgan fingerprint density at radius 1 is 1.06 bits per heavy atom. The number of aryl methyl sites for hydroxylation is 1. The number of unbranched alkanes of at least 4 members (excludes halogenated alkanes) is 3. The first-order valence-corrected chi connectivity index (χ1v) is 7.22. The van der Waals surface area contributed by atoms with Gasteiger partial charge in [-0.05, 0) is 30.9 Å². The minimum atomic E-state index is 0.908. The van der Waals surface area contributed by atoms with Gasteiger partial charge in [-0.25, -0.2) is 0 Å². The number of hydrogen-bond acceptors (Lipinski definition) is 1. The van der Waals surface area contributed by atoms with E-state index in [1.165, 1.54) is 50.6 Å². The van der Waals surface area contributed by atoms with Gasteiger partial charge in [-0.15, -0.1) is 0 Å². The van der Waals surface area contributed by atoms with Crippen molar-refractivity contribution in [1.82, 2.24) is 4.98 Å². The molecule has 0 aliphatic rings. The summed E-state index contributed by atoms with van der Waals surface area (Å²) in [4.78, 5) is 4.36. The molecule has 1 rings (SSSR count). The molecule has 1 heteroatoms. The highest BCUT2D eigenvalue weighted by Crippen LogP contribution is 2.16. The summed E-state index contributed by atoms with van der Waals surface area (Å²) < 4.78 is 0. The second kappa shape index (κ2) is 9.21. The molecular formula is C16H27N. The van der Waals surface area contributed by atoms with Crippen molar-refractivity contribution >= 4 is 0 Å². The van der Waals surface area contributed by atoms with Crippen molar-refractivity contribution in [3.63, 3.8) is 0 Å². The quantitative estimate of drug-likeness (QED) is 0.546. The van der Waals surface area contributed by atoms with Crippen LogP contribution in [-0.2, 0) is 6.42 Å². The van der Waals surface area contributed by atoms with Gasteiger partial charge in [0.15, 0.2) is 0 Å². The first-order valence-electron chi connectivity index (χ1n) is 7.22. The van der Waals surface area contributed by atoms with E-state index in [-0.39, 0.29) is 0 Å². The van der Waals surface area contributed by atoms with Crippen molar-refractivity contribution in [2.75, 3.05) is 0 Å². The average Bonchev–Trinajstić information content (AvgIpc) is 2.36. The summed E-state index contributed by atoms with van der Waals surface area (Å²) in [5.41, 5.74) is 1.24. The molecule has 0 spiro atoms. The van der Waals surface area contributed by atoms with Crippen LogP contribution in [0.5, 0.6) is 0 Å². The molecule has 1 aromatic rings. The van der Waals surface area contributed by atoms with Crippen molar-refractivity contribution < 1.29 is 0 Å². The van der Waals surface area contributed by atoms with Crippen LogP contribution >= 0.6 is 0 Å². The Hall–Kier alpha value is -0.850. The normalized spacial score (nSPS) is 12.6. The van der Waals surface area contributed by atoms with Crippen LogP contribution in [0.4, 0.5) is 0 Å². The van der Waals surface area contributed by atoms with Gasteiger partial charge >= 0.3 is 0 Å². The number of nitrogens with zero attached hydrogens (tertiary/aromatic N) is 1. The Morgan fingerprint density at radius 2 is 1.82 bits per heavy atom. The predicted molar refractivity (Wildman–Crippen MR) is 75.1 cm³/mol. The lowest BCUT2D eigenvalue weighted by molar-refractivity contribution is 0.443. The molecule has 0 radical (unpaired) electrons. The second-order valence-corrected chi connectivity index (χ2v) is 5.17. The Morgan fingerprint density at radius 3 is 2.47 bits per heavy atom. The summed E-state index contributed by atoms with van der Waals surface area (Å²) in [6.07, 6.45) is 12.6. The Bertz CT molecular complexity index is 268. The van der Waals surface area contributed by atoms with Crippen LogP contribution in [0, 0.1) is 5.92 Å². The molecule has 1 heterocycles. The van der Waals surface area contributed by atoms with Crippen LogP contribution in [0.2, 0.25) is 0 Å². The number of hydrogen-bond donors (Lipinski definition) is 0. The Balaban J connectivity index is 2.00. The number of rotatable bonds is 9. The van der Waals surface area contributed by atoms with Crippen molar-refractivity contribution in [2.24, 2.45) is 5.92 Å². The monoisotopic (exact) mass is 233 g/mol. The summed E-state index contributed by atoms with van der Waals surface area (Å²) in [7, 11) is 0. The fourth-order valence-corrected chi connectivity index (χ4v) is 2.23. The third kappa shape index (κ3) is 7.14. The van der Waals surface area contributed by atoms with E-state index < -0.39 is 0 Å². The van der Waals surface area contributed by atoms with Gasteiger partial charge in [-0.1, -0.05) is 58.4 Å². The maximum atomic E-state index is 4.36. The van der Waals surface area contributed by atoms with Gasteiger partial charge in [-0.2, -0.15) is 0 Å². The van der Waals surface area contributed by atoms with E-state index in [2.05, 4.69) is 31.0 Å². The molecule has 0 aliphatic carbocycles. The molecule has 0 N–H and O–H groups in total. The molecular weight excluding hydrogens is 206 g/mol. The van der Waals surface area contributed by atoms with Crippen LogP contribution in [-0.4, -0.2) is 4.98 Å². The predicted octanol–water partition coefficient (Wildman–Crippen LogP) is 5.01. The van der Waals surface area contributed by atoms with Gasteiger partial charge in [0.25, 0.3) is 0 Å². The largest absolute Gasteiger partial charge is 0.261 e. The third-order valence-corrected chi connectivity index (χ3v) is 3.41. The minimum absolute atomic E-state index is 0.908. The summed E-state index contributed by atoms with van der Waals surface area (Å²) in [5, 5.41) is 0. The molecule has 0 saturated heterocycles. The lowest BCUT2D eigenvalue weighted by Crippen LogP contribution is -1.96. The van der Waals surface area contributed by atoms with E-state index >= 15 is 0 Å². The lowest BCUT2D eigenvalue weighted by Gasteiger charge is -2.10. The topological polar surface area (TPSA) is 12.9 Å². The number of pyridine rings is 1. The molecule has 0 aromatic carbocycles. The van der Waals surface area contributed by atoms with Crippen LogP contribution in [0.25, 0.3) is 0 Å². The summed E-state index contributed by atoms with van der Waals surface area (Å²) in [5.74, 6) is 0.908. The van der Waals surface area contributed by atoms with Crippen molar-refractivity contribution in [3.05, 3.63) is 30.1 Å². The zero-order valence-electron chi connectivity index (χ0n) is 11.5. The first kappa shape index (κ1) is 14.2. The van der Waals surface area contributed by atoms with Crippen molar-refractivity contribution in [2.45, 2.75) is 65.2 Å². The molecule has 0 bridgehead atoms. The van der Waals surface area contributed by atoms with E-state index in [1.807, 2.05) is 12.3 Å². The highest BCUT2D eigenvalue weighted by atomic mass is 14.7. The van der Waals surface area contributed by atoms with Gasteiger partial charge in [0.1, 0.15) is 0 Å². The highest BCUT2D eigenvalue weighted by Gasteiger charge is 2.02. The van der Waals surface area contributed by atoms with Crippen molar-refractivity contribution in [3.8, 4) is 0 Å². The lowest BCUT2D eigenvalue weighted by atomic mass is 9.96. The molecule has 1 nitrogen and oxygen atoms in total. The van der Waals surface area contributed by atoms with E-state index in [0.29, 0.717) is 0 Å². The van der Waals surface area contributed by atoms with E-state index in [9.17, 15) is 0 Å². The Kier molecular flexibility index (Phi) is 7.70. The molecule has 0 saturated carbocycles. The van der Waals surface area contributed by atoms with E-state index in [0.717, 1.165) is 12.3 Å². The molecule has 1 atom stereocenters. The van der Waals surface area contributed by atoms with E-state index in [1.54, 1.807) is 0 Å². The molecule has 1 aromatic heterocycles. The summed E-state index contributed by atoms with van der Waals surface area (Å²) in [6.45, 7) is 4.67. The molecule has 17 heavy (non-hydrogen) atoms. The molecule has 0 amide bonds. The van der Waals surface area contributed by atoms with Gasteiger partial charge in [0.05, 0.1) is 0 Å². The van der Waals surface area contributed by atoms with Crippen LogP contribution < -0.4 is 0 Å². The van der Waals surface area contributed by atoms with Gasteiger partial charge < -0.3 is 0 Å². The molecule has 0 fully saturated rings. The maximum absolute atomic E-state index is 4.36. The van der Waals surface area contributed by atoms with Gasteiger partial charge in [0, 0.05) is 11.9 Å². The third-order valence-electron chi connectivity index (χ3n) is 3.41. The smallest absolute Gasteiger partial charge is 0.0403 e. The average molecular weight is 233 g/mol. The molecule has 0 aliphatic heterocycles. The molecule has 1 unspecified atom stereocenters. The maximum Gasteiger partial charge on any atom is 0.0403 e. The first-order chi connectivity index (χ1) is 8.33. The highest BCUT2D eigenvalue weighted by molar-refractivity contribution is 5.03. The zero-order valence-corrected chi connectivity index (χ0v) is 11.5. The summed E-state index contributed by atoms with van der Waals surface area (Å²) >= 11 is 0. The minimum Gasteiger partial charge on any atom is -0.261 e. The van der Waals surface area contributed by atoms with Crippen LogP contribution in [0.15, 0.2) is 24.4 Å². The number of aromatic nitrogens is 1. The van der Waals surface area contributed by atoms with Crippen molar-refractivity contribution in [1.29, 1.82) is 0 Å². The van der Waals surface area contributed by atoms with Gasteiger partial charge in [-0.3, -0.25) is 4.98 Å². The van der Waals surface area contributed by atoms with Gasteiger partial charge in [0.2, 0.25) is 0 Å².